The Hall–Kier alpha value is -2.13. The SMILES string of the molecule is O=C(Nc1ccccc1Cc1ccccc1)C1CCNC1. The van der Waals surface area contributed by atoms with Crippen molar-refractivity contribution in [2.45, 2.75) is 12.8 Å². The number of carbonyl (C=O) groups is 1. The number of hydrogen-bond acceptors (Lipinski definition) is 2. The van der Waals surface area contributed by atoms with Crippen LogP contribution in [0.4, 0.5) is 5.69 Å². The number of nitrogens with one attached hydrogen (secondary N) is 2. The number of rotatable bonds is 4. The molecule has 1 atom stereocenters. The highest BCUT2D eigenvalue weighted by Gasteiger charge is 2.22. The third kappa shape index (κ3) is 3.50. The van der Waals surface area contributed by atoms with Gasteiger partial charge in [-0.3, -0.25) is 4.79 Å². The van der Waals surface area contributed by atoms with Gasteiger partial charge >= 0.3 is 0 Å². The minimum atomic E-state index is 0.0924. The van der Waals surface area contributed by atoms with Crippen LogP contribution >= 0.6 is 0 Å². The Balaban J connectivity index is 1.74. The highest BCUT2D eigenvalue weighted by molar-refractivity contribution is 5.93. The summed E-state index contributed by atoms with van der Waals surface area (Å²) < 4.78 is 0. The zero-order valence-electron chi connectivity index (χ0n) is 12.0. The molecule has 1 aliphatic rings. The van der Waals surface area contributed by atoms with Gasteiger partial charge in [-0.2, -0.15) is 0 Å². The minimum absolute atomic E-state index is 0.0924. The second kappa shape index (κ2) is 6.55. The van der Waals surface area contributed by atoms with Crippen molar-refractivity contribution < 1.29 is 4.79 Å². The van der Waals surface area contributed by atoms with Crippen LogP contribution in [0.15, 0.2) is 54.6 Å². The molecular formula is C18H20N2O. The molecule has 0 spiro atoms. The number of para-hydroxylation sites is 1. The molecule has 0 aliphatic carbocycles. The summed E-state index contributed by atoms with van der Waals surface area (Å²) in [4.78, 5) is 12.3. The normalized spacial score (nSPS) is 17.6. The molecule has 2 N–H and O–H groups in total. The first-order valence-electron chi connectivity index (χ1n) is 7.46. The van der Waals surface area contributed by atoms with Crippen LogP contribution < -0.4 is 10.6 Å². The molecule has 1 fully saturated rings. The second-order valence-corrected chi connectivity index (χ2v) is 5.50. The predicted octanol–water partition coefficient (Wildman–Crippen LogP) is 2.83. The Morgan fingerprint density at radius 1 is 1.10 bits per heavy atom. The van der Waals surface area contributed by atoms with Crippen molar-refractivity contribution in [3.8, 4) is 0 Å². The average Bonchev–Trinajstić information content (AvgIpc) is 3.05. The Labute approximate surface area is 125 Å². The van der Waals surface area contributed by atoms with Gasteiger partial charge in [0.05, 0.1) is 5.92 Å². The highest BCUT2D eigenvalue weighted by Crippen LogP contribution is 2.20. The zero-order chi connectivity index (χ0) is 14.5. The van der Waals surface area contributed by atoms with Crippen LogP contribution in [0.25, 0.3) is 0 Å². The lowest BCUT2D eigenvalue weighted by Crippen LogP contribution is -2.25. The van der Waals surface area contributed by atoms with Crippen LogP contribution in [-0.4, -0.2) is 19.0 Å². The van der Waals surface area contributed by atoms with Crippen LogP contribution in [0.3, 0.4) is 0 Å². The molecule has 1 heterocycles. The molecule has 21 heavy (non-hydrogen) atoms. The second-order valence-electron chi connectivity index (χ2n) is 5.50. The molecule has 2 aromatic rings. The summed E-state index contributed by atoms with van der Waals surface area (Å²) in [5.74, 6) is 0.218. The Morgan fingerprint density at radius 3 is 2.62 bits per heavy atom. The zero-order valence-corrected chi connectivity index (χ0v) is 12.0. The van der Waals surface area contributed by atoms with Crippen molar-refractivity contribution in [2.24, 2.45) is 5.92 Å². The van der Waals surface area contributed by atoms with E-state index in [9.17, 15) is 4.79 Å². The summed E-state index contributed by atoms with van der Waals surface area (Å²) in [5.41, 5.74) is 3.34. The van der Waals surface area contributed by atoms with Crippen molar-refractivity contribution >= 4 is 11.6 Å². The smallest absolute Gasteiger partial charge is 0.228 e. The fourth-order valence-electron chi connectivity index (χ4n) is 2.73. The first kappa shape index (κ1) is 13.8. The fourth-order valence-corrected chi connectivity index (χ4v) is 2.73. The van der Waals surface area contributed by atoms with E-state index in [1.807, 2.05) is 36.4 Å². The first-order chi connectivity index (χ1) is 10.3. The quantitative estimate of drug-likeness (QED) is 0.904. The van der Waals surface area contributed by atoms with Gasteiger partial charge in [0.15, 0.2) is 0 Å². The van der Waals surface area contributed by atoms with Crippen molar-refractivity contribution in [3.05, 3.63) is 65.7 Å². The fraction of sp³-hybridized carbons (Fsp3) is 0.278. The molecule has 1 saturated heterocycles. The molecule has 3 nitrogen and oxygen atoms in total. The molecule has 3 rings (SSSR count). The van der Waals surface area contributed by atoms with Crippen LogP contribution in [0, 0.1) is 5.92 Å². The van der Waals surface area contributed by atoms with Gasteiger partial charge in [-0.15, -0.1) is 0 Å². The average molecular weight is 280 g/mol. The highest BCUT2D eigenvalue weighted by atomic mass is 16.1. The molecule has 1 aliphatic heterocycles. The van der Waals surface area contributed by atoms with E-state index >= 15 is 0 Å². The first-order valence-corrected chi connectivity index (χ1v) is 7.46. The van der Waals surface area contributed by atoms with Crippen LogP contribution in [0.5, 0.6) is 0 Å². The standard InChI is InChI=1S/C18H20N2O/c21-18(16-10-11-19-13-16)20-17-9-5-4-8-15(17)12-14-6-2-1-3-7-14/h1-9,16,19H,10-13H2,(H,20,21). The molecule has 0 aromatic heterocycles. The maximum absolute atomic E-state index is 12.3. The summed E-state index contributed by atoms with van der Waals surface area (Å²) in [6.07, 6.45) is 1.76. The van der Waals surface area contributed by atoms with E-state index in [1.54, 1.807) is 0 Å². The number of carbonyl (C=O) groups excluding carboxylic acids is 1. The monoisotopic (exact) mass is 280 g/mol. The lowest BCUT2D eigenvalue weighted by atomic mass is 10.0. The van der Waals surface area contributed by atoms with E-state index in [0.717, 1.165) is 37.2 Å². The molecule has 108 valence electrons. The third-order valence-corrected chi connectivity index (χ3v) is 3.94. The number of benzene rings is 2. The van der Waals surface area contributed by atoms with Crippen molar-refractivity contribution in [1.82, 2.24) is 5.32 Å². The van der Waals surface area contributed by atoms with Crippen molar-refractivity contribution in [3.63, 3.8) is 0 Å². The van der Waals surface area contributed by atoms with Gasteiger partial charge in [-0.1, -0.05) is 48.5 Å². The molecule has 3 heteroatoms. The molecule has 0 bridgehead atoms. The van der Waals surface area contributed by atoms with Gasteiger partial charge in [0.25, 0.3) is 0 Å². The van der Waals surface area contributed by atoms with Gasteiger partial charge in [0.1, 0.15) is 0 Å². The number of amides is 1. The van der Waals surface area contributed by atoms with Gasteiger partial charge in [0.2, 0.25) is 5.91 Å². The molecule has 2 aromatic carbocycles. The summed E-state index contributed by atoms with van der Waals surface area (Å²) >= 11 is 0. The predicted molar refractivity (Wildman–Crippen MR) is 85.3 cm³/mol. The summed E-state index contributed by atoms with van der Waals surface area (Å²) in [7, 11) is 0. The van der Waals surface area contributed by atoms with Crippen LogP contribution in [0.2, 0.25) is 0 Å². The van der Waals surface area contributed by atoms with Gasteiger partial charge in [0, 0.05) is 12.2 Å². The van der Waals surface area contributed by atoms with Crippen LogP contribution in [-0.2, 0) is 11.2 Å². The summed E-state index contributed by atoms with van der Waals surface area (Å²) in [6, 6.07) is 18.4. The molecule has 1 amide bonds. The molecule has 0 saturated carbocycles. The van der Waals surface area contributed by atoms with E-state index in [2.05, 4.69) is 28.8 Å². The van der Waals surface area contributed by atoms with E-state index in [4.69, 9.17) is 0 Å². The Morgan fingerprint density at radius 2 is 1.86 bits per heavy atom. The minimum Gasteiger partial charge on any atom is -0.326 e. The Kier molecular flexibility index (Phi) is 4.31. The van der Waals surface area contributed by atoms with Gasteiger partial charge < -0.3 is 10.6 Å². The largest absolute Gasteiger partial charge is 0.326 e. The molecule has 0 radical (unpaired) electrons. The number of anilines is 1. The molecule has 1 unspecified atom stereocenters. The maximum Gasteiger partial charge on any atom is 0.228 e. The van der Waals surface area contributed by atoms with Crippen molar-refractivity contribution in [1.29, 1.82) is 0 Å². The summed E-state index contributed by atoms with van der Waals surface area (Å²) in [5, 5.41) is 6.33. The van der Waals surface area contributed by atoms with E-state index < -0.39 is 0 Å². The lowest BCUT2D eigenvalue weighted by molar-refractivity contribution is -0.119. The van der Waals surface area contributed by atoms with Crippen molar-refractivity contribution in [2.75, 3.05) is 18.4 Å². The Bertz CT molecular complexity index is 604. The van der Waals surface area contributed by atoms with Gasteiger partial charge in [-0.25, -0.2) is 0 Å². The lowest BCUT2D eigenvalue weighted by Gasteiger charge is -2.14. The molecular weight excluding hydrogens is 260 g/mol. The van der Waals surface area contributed by atoms with E-state index in [0.29, 0.717) is 0 Å². The van der Waals surface area contributed by atoms with E-state index in [-0.39, 0.29) is 11.8 Å². The van der Waals surface area contributed by atoms with Crippen LogP contribution in [0.1, 0.15) is 17.5 Å². The topological polar surface area (TPSA) is 41.1 Å². The maximum atomic E-state index is 12.3. The van der Waals surface area contributed by atoms with E-state index in [1.165, 1.54) is 5.56 Å². The number of hydrogen-bond donors (Lipinski definition) is 2. The summed E-state index contributed by atoms with van der Waals surface area (Å²) in [6.45, 7) is 1.72. The third-order valence-electron chi connectivity index (χ3n) is 3.94. The van der Waals surface area contributed by atoms with Gasteiger partial charge in [-0.05, 0) is 36.6 Å².